The number of benzene rings is 1. The molecule has 0 aliphatic rings. The lowest BCUT2D eigenvalue weighted by molar-refractivity contribution is -0.138. The van der Waals surface area contributed by atoms with Crippen molar-refractivity contribution in [3.05, 3.63) is 28.8 Å². The molecule has 1 rings (SSSR count). The van der Waals surface area contributed by atoms with Crippen molar-refractivity contribution in [1.82, 2.24) is 0 Å². The zero-order valence-corrected chi connectivity index (χ0v) is 11.3. The van der Waals surface area contributed by atoms with E-state index >= 15 is 0 Å². The van der Waals surface area contributed by atoms with E-state index in [1.54, 1.807) is 6.92 Å². The topological polar surface area (TPSA) is 66.8 Å². The molecule has 0 saturated heterocycles. The standard InChI is InChI=1S/C11H14F3O4P/c1-3-7-5-6-9(18-19(15,16)17)8(4-2)10(7)11(12,13)14/h5-6H,3-4H2,1-2H3,(H2,15,16,17). The fourth-order valence-corrected chi connectivity index (χ4v) is 2.32. The second-order valence-corrected chi connectivity index (χ2v) is 5.03. The van der Waals surface area contributed by atoms with Crippen molar-refractivity contribution in [1.29, 1.82) is 0 Å². The van der Waals surface area contributed by atoms with Crippen LogP contribution in [0.25, 0.3) is 0 Å². The Balaban J connectivity index is 3.49. The molecule has 0 saturated carbocycles. The second kappa shape index (κ2) is 5.53. The summed E-state index contributed by atoms with van der Waals surface area (Å²) < 4.78 is 54.2. The molecule has 0 aliphatic carbocycles. The van der Waals surface area contributed by atoms with Gasteiger partial charge in [-0.25, -0.2) is 4.57 Å². The van der Waals surface area contributed by atoms with Gasteiger partial charge >= 0.3 is 14.0 Å². The molecule has 0 bridgehead atoms. The Labute approximate surface area is 108 Å². The van der Waals surface area contributed by atoms with Crippen molar-refractivity contribution in [3.8, 4) is 5.75 Å². The van der Waals surface area contributed by atoms with Crippen molar-refractivity contribution < 1.29 is 32.0 Å². The monoisotopic (exact) mass is 298 g/mol. The summed E-state index contributed by atoms with van der Waals surface area (Å²) in [6, 6.07) is 2.33. The van der Waals surface area contributed by atoms with Crippen molar-refractivity contribution in [2.24, 2.45) is 0 Å². The van der Waals surface area contributed by atoms with Crippen LogP contribution < -0.4 is 4.52 Å². The molecule has 0 spiro atoms. The maximum absolute atomic E-state index is 13.0. The first-order chi connectivity index (χ1) is 8.60. The Morgan fingerprint density at radius 1 is 1.21 bits per heavy atom. The molecular formula is C11H14F3O4P. The van der Waals surface area contributed by atoms with Crippen LogP contribution in [0.3, 0.4) is 0 Å². The number of phosphoric ester groups is 1. The first kappa shape index (κ1) is 16.0. The van der Waals surface area contributed by atoms with Gasteiger partial charge < -0.3 is 4.52 Å². The van der Waals surface area contributed by atoms with Crippen LogP contribution in [0, 0.1) is 0 Å². The number of rotatable bonds is 4. The average molecular weight is 298 g/mol. The fourth-order valence-electron chi connectivity index (χ4n) is 1.89. The molecule has 108 valence electrons. The van der Waals surface area contributed by atoms with E-state index in [1.807, 2.05) is 0 Å². The number of halogens is 3. The molecule has 0 fully saturated rings. The van der Waals surface area contributed by atoms with Gasteiger partial charge in [0.05, 0.1) is 5.56 Å². The van der Waals surface area contributed by atoms with Gasteiger partial charge in [-0.05, 0) is 24.5 Å². The van der Waals surface area contributed by atoms with Gasteiger partial charge in [-0.2, -0.15) is 13.2 Å². The maximum atomic E-state index is 13.0. The minimum absolute atomic E-state index is 0.0436. The Morgan fingerprint density at radius 2 is 1.79 bits per heavy atom. The van der Waals surface area contributed by atoms with Crippen molar-refractivity contribution in [2.75, 3.05) is 0 Å². The molecule has 1 aromatic carbocycles. The molecule has 0 amide bonds. The summed E-state index contributed by atoms with van der Waals surface area (Å²) in [6.45, 7) is 3.05. The summed E-state index contributed by atoms with van der Waals surface area (Å²) >= 11 is 0. The van der Waals surface area contributed by atoms with Gasteiger partial charge in [0, 0.05) is 5.56 Å². The van der Waals surface area contributed by atoms with Crippen molar-refractivity contribution in [3.63, 3.8) is 0 Å². The van der Waals surface area contributed by atoms with Crippen LogP contribution in [-0.4, -0.2) is 9.79 Å². The molecule has 0 radical (unpaired) electrons. The molecule has 1 aromatic rings. The Morgan fingerprint density at radius 3 is 2.16 bits per heavy atom. The van der Waals surface area contributed by atoms with E-state index in [-0.39, 0.29) is 24.0 Å². The van der Waals surface area contributed by atoms with Crippen LogP contribution in [-0.2, 0) is 23.6 Å². The molecule has 0 heterocycles. The Kier molecular flexibility index (Phi) is 4.66. The molecule has 0 unspecified atom stereocenters. The van der Waals surface area contributed by atoms with Crippen LogP contribution in [0.5, 0.6) is 5.75 Å². The zero-order chi connectivity index (χ0) is 14.8. The first-order valence-electron chi connectivity index (χ1n) is 5.57. The molecule has 19 heavy (non-hydrogen) atoms. The molecular weight excluding hydrogens is 284 g/mol. The van der Waals surface area contributed by atoms with E-state index in [0.29, 0.717) is 0 Å². The van der Waals surface area contributed by atoms with E-state index in [9.17, 15) is 17.7 Å². The third kappa shape index (κ3) is 3.96. The summed E-state index contributed by atoms with van der Waals surface area (Å²) in [5, 5.41) is 0. The predicted octanol–water partition coefficient (Wildman–Crippen LogP) is 3.30. The van der Waals surface area contributed by atoms with Gasteiger partial charge in [0.25, 0.3) is 0 Å². The highest BCUT2D eigenvalue weighted by atomic mass is 31.2. The smallest absolute Gasteiger partial charge is 0.404 e. The van der Waals surface area contributed by atoms with Gasteiger partial charge in [0.15, 0.2) is 0 Å². The number of alkyl halides is 3. The maximum Gasteiger partial charge on any atom is 0.524 e. The molecule has 0 aromatic heterocycles. The van der Waals surface area contributed by atoms with Crippen LogP contribution in [0.4, 0.5) is 13.2 Å². The third-order valence-electron chi connectivity index (χ3n) is 2.59. The van der Waals surface area contributed by atoms with Gasteiger partial charge in [0.2, 0.25) is 0 Å². The lowest BCUT2D eigenvalue weighted by Crippen LogP contribution is -2.13. The molecule has 4 nitrogen and oxygen atoms in total. The lowest BCUT2D eigenvalue weighted by Gasteiger charge is -2.19. The normalized spacial score (nSPS) is 12.6. The van der Waals surface area contributed by atoms with E-state index in [1.165, 1.54) is 13.0 Å². The minimum atomic E-state index is -4.89. The van der Waals surface area contributed by atoms with E-state index in [4.69, 9.17) is 9.79 Å². The molecule has 0 aliphatic heterocycles. The fraction of sp³-hybridized carbons (Fsp3) is 0.455. The molecule has 2 N–H and O–H groups in total. The third-order valence-corrected chi connectivity index (χ3v) is 3.03. The highest BCUT2D eigenvalue weighted by Gasteiger charge is 2.37. The van der Waals surface area contributed by atoms with Gasteiger partial charge in [0.1, 0.15) is 5.75 Å². The number of hydrogen-bond acceptors (Lipinski definition) is 2. The molecule has 0 atom stereocenters. The quantitative estimate of drug-likeness (QED) is 0.837. The van der Waals surface area contributed by atoms with Crippen LogP contribution in [0.1, 0.15) is 30.5 Å². The van der Waals surface area contributed by atoms with Gasteiger partial charge in [-0.15, -0.1) is 0 Å². The summed E-state index contributed by atoms with van der Waals surface area (Å²) in [5.74, 6) is -0.430. The van der Waals surface area contributed by atoms with E-state index in [0.717, 1.165) is 6.07 Å². The van der Waals surface area contributed by atoms with Crippen LogP contribution in [0.2, 0.25) is 0 Å². The van der Waals surface area contributed by atoms with Crippen LogP contribution in [0.15, 0.2) is 12.1 Å². The Bertz CT molecular complexity index is 507. The first-order valence-corrected chi connectivity index (χ1v) is 7.10. The van der Waals surface area contributed by atoms with Gasteiger partial charge in [-0.1, -0.05) is 19.9 Å². The minimum Gasteiger partial charge on any atom is -0.404 e. The van der Waals surface area contributed by atoms with E-state index < -0.39 is 25.3 Å². The van der Waals surface area contributed by atoms with E-state index in [2.05, 4.69) is 4.52 Å². The zero-order valence-electron chi connectivity index (χ0n) is 10.4. The molecule has 8 heteroatoms. The summed E-state index contributed by atoms with van der Waals surface area (Å²) in [4.78, 5) is 17.4. The highest BCUT2D eigenvalue weighted by Crippen LogP contribution is 2.44. The summed E-state index contributed by atoms with van der Waals surface area (Å²) in [5.41, 5.74) is -1.04. The highest BCUT2D eigenvalue weighted by molar-refractivity contribution is 7.46. The Hall–Kier alpha value is -1.04. The second-order valence-electron chi connectivity index (χ2n) is 3.86. The van der Waals surface area contributed by atoms with Crippen molar-refractivity contribution in [2.45, 2.75) is 32.9 Å². The van der Waals surface area contributed by atoms with Gasteiger partial charge in [-0.3, -0.25) is 9.79 Å². The summed E-state index contributed by atoms with van der Waals surface area (Å²) in [6.07, 6.45) is -4.47. The SMILES string of the molecule is CCc1ccc(OP(=O)(O)O)c(CC)c1C(F)(F)F. The number of hydrogen-bond donors (Lipinski definition) is 2. The number of phosphoric acid groups is 1. The van der Waals surface area contributed by atoms with Crippen LogP contribution >= 0.6 is 7.82 Å². The predicted molar refractivity (Wildman–Crippen MR) is 62.9 cm³/mol. The average Bonchev–Trinajstić information content (AvgIpc) is 2.25. The lowest BCUT2D eigenvalue weighted by atomic mass is 9.96. The number of aryl methyl sites for hydroxylation is 1. The van der Waals surface area contributed by atoms with Crippen molar-refractivity contribution >= 4 is 7.82 Å². The summed E-state index contributed by atoms with van der Waals surface area (Å²) in [7, 11) is -4.89. The largest absolute Gasteiger partial charge is 0.524 e.